The molecule has 0 bridgehead atoms. The van der Waals surface area contributed by atoms with Crippen molar-refractivity contribution in [3.8, 4) is 46.0 Å². The van der Waals surface area contributed by atoms with Crippen molar-refractivity contribution in [3.63, 3.8) is 0 Å². The highest BCUT2D eigenvalue weighted by Crippen LogP contribution is 2.58. The number of ether oxygens (including phenoxy) is 4. The molecule has 0 unspecified atom stereocenters. The first-order chi connectivity index (χ1) is 38.8. The molecule has 13 rings (SSSR count). The van der Waals surface area contributed by atoms with Gasteiger partial charge in [-0.1, -0.05) is 151 Å². The maximum absolute atomic E-state index is 16.1. The van der Waals surface area contributed by atoms with Gasteiger partial charge in [-0.3, -0.25) is 19.2 Å². The van der Waals surface area contributed by atoms with E-state index in [0.717, 1.165) is 22.3 Å². The number of amides is 4. The number of aryl methyl sites for hydroxylation is 1. The second kappa shape index (κ2) is 19.3. The Morgan fingerprint density at radius 2 is 0.562 bits per heavy atom. The number of para-hydroxylation sites is 6. The molecule has 80 heavy (non-hydrogen) atoms. The maximum Gasteiger partial charge on any atom is 0.266 e. The molecule has 2 aliphatic heterocycles. The van der Waals surface area contributed by atoms with E-state index in [2.05, 4.69) is 27.7 Å². The van der Waals surface area contributed by atoms with Gasteiger partial charge in [0.1, 0.15) is 46.0 Å². The number of nitrogens with zero attached hydrogens (tertiary/aromatic N) is 2. The molecular formula is C70H54N2O8. The van der Waals surface area contributed by atoms with Crippen LogP contribution in [0.25, 0.3) is 43.1 Å². The molecule has 0 saturated carbocycles. The maximum atomic E-state index is 16.1. The van der Waals surface area contributed by atoms with Crippen LogP contribution in [-0.2, 0) is 0 Å². The molecular weight excluding hydrogens is 997 g/mol. The van der Waals surface area contributed by atoms with Crippen LogP contribution in [0.4, 0.5) is 11.4 Å². The van der Waals surface area contributed by atoms with Crippen molar-refractivity contribution in [2.24, 2.45) is 0 Å². The van der Waals surface area contributed by atoms with Crippen LogP contribution in [0.3, 0.4) is 0 Å². The van der Waals surface area contributed by atoms with Crippen molar-refractivity contribution in [2.45, 2.75) is 66.2 Å². The third kappa shape index (κ3) is 7.84. The number of carbonyl (C=O) groups is 4. The van der Waals surface area contributed by atoms with E-state index in [-0.39, 0.29) is 63.0 Å². The van der Waals surface area contributed by atoms with Crippen LogP contribution in [0.2, 0.25) is 0 Å². The van der Waals surface area contributed by atoms with Crippen LogP contribution in [0, 0.1) is 6.92 Å². The van der Waals surface area contributed by atoms with Crippen molar-refractivity contribution in [1.82, 2.24) is 0 Å². The Morgan fingerprint density at radius 3 is 0.850 bits per heavy atom. The number of rotatable bonds is 13. The smallest absolute Gasteiger partial charge is 0.266 e. The van der Waals surface area contributed by atoms with Crippen molar-refractivity contribution >= 4 is 78.1 Å². The van der Waals surface area contributed by atoms with Gasteiger partial charge in [0.15, 0.2) is 0 Å². The van der Waals surface area contributed by atoms with Gasteiger partial charge < -0.3 is 18.9 Å². The molecule has 0 spiro atoms. The summed E-state index contributed by atoms with van der Waals surface area (Å²) in [7, 11) is 0. The Balaban J connectivity index is 1.26. The van der Waals surface area contributed by atoms with Crippen LogP contribution < -0.4 is 28.7 Å². The molecule has 0 fully saturated rings. The SMILES string of the molecule is Cc1cccc(C(C)C)c1N1C(=O)c2cc(Oc3ccccc3)c3c4c(Oc5ccccc5)cc5c6c(cc(Oc7ccccc7)c(c7c(Oc8ccccc8)cc(c2c37)C1=O)c64)C(=O)N(c1c(C(C)C)cccc1C(C)C)C5=O. The van der Waals surface area contributed by atoms with Crippen molar-refractivity contribution in [3.05, 3.63) is 226 Å². The molecule has 11 aromatic rings. The van der Waals surface area contributed by atoms with Crippen molar-refractivity contribution in [1.29, 1.82) is 0 Å². The summed E-state index contributed by atoms with van der Waals surface area (Å²) >= 11 is 0. The molecule has 0 saturated heterocycles. The van der Waals surface area contributed by atoms with E-state index in [1.807, 2.05) is 178 Å². The van der Waals surface area contributed by atoms with E-state index in [0.29, 0.717) is 77.5 Å². The van der Waals surface area contributed by atoms with Crippen LogP contribution >= 0.6 is 0 Å². The van der Waals surface area contributed by atoms with E-state index in [1.54, 1.807) is 24.3 Å². The molecule has 392 valence electrons. The molecule has 4 amide bonds. The molecule has 11 aromatic carbocycles. The van der Waals surface area contributed by atoms with E-state index >= 15 is 19.2 Å². The third-order valence-electron chi connectivity index (χ3n) is 15.5. The zero-order chi connectivity index (χ0) is 55.2. The molecule has 10 heteroatoms. The van der Waals surface area contributed by atoms with Crippen LogP contribution in [0.1, 0.15) is 123 Å². The van der Waals surface area contributed by atoms with Crippen molar-refractivity contribution in [2.75, 3.05) is 9.80 Å². The largest absolute Gasteiger partial charge is 0.457 e. The molecule has 2 aliphatic rings. The number of carbonyl (C=O) groups excluding carboxylic acids is 4. The fraction of sp³-hybridized carbons (Fsp3) is 0.143. The minimum Gasteiger partial charge on any atom is -0.457 e. The lowest BCUT2D eigenvalue weighted by molar-refractivity contribution is 0.0877. The first-order valence-corrected chi connectivity index (χ1v) is 27.1. The van der Waals surface area contributed by atoms with E-state index in [9.17, 15) is 0 Å². The lowest BCUT2D eigenvalue weighted by Crippen LogP contribution is -2.42. The Bertz CT molecular complexity index is 4130. The average molecular weight is 1050 g/mol. The number of hydrogen-bond acceptors (Lipinski definition) is 8. The number of hydrogen-bond donors (Lipinski definition) is 0. The highest BCUT2D eigenvalue weighted by molar-refractivity contribution is 6.48. The number of benzene rings is 11. The van der Waals surface area contributed by atoms with Crippen molar-refractivity contribution < 1.29 is 38.1 Å². The first-order valence-electron chi connectivity index (χ1n) is 27.1. The van der Waals surface area contributed by atoms with Gasteiger partial charge in [0.25, 0.3) is 23.6 Å². The second-order valence-electron chi connectivity index (χ2n) is 21.5. The van der Waals surface area contributed by atoms with Crippen LogP contribution in [-0.4, -0.2) is 23.6 Å². The monoisotopic (exact) mass is 1050 g/mol. The quantitative estimate of drug-likeness (QED) is 0.0638. The summed E-state index contributed by atoms with van der Waals surface area (Å²) in [5.74, 6) is 0.536. The van der Waals surface area contributed by atoms with Gasteiger partial charge in [0.2, 0.25) is 0 Å². The summed E-state index contributed by atoms with van der Waals surface area (Å²) in [6, 6.07) is 55.7. The first kappa shape index (κ1) is 49.8. The molecule has 0 aliphatic carbocycles. The summed E-state index contributed by atoms with van der Waals surface area (Å²) in [4.78, 5) is 66.5. The summed E-state index contributed by atoms with van der Waals surface area (Å²) in [5, 5.41) is 3.39. The third-order valence-corrected chi connectivity index (χ3v) is 15.5. The standard InChI is InChI=1S/C70H54N2O8/c1-38(2)46-31-20-22-41(7)65(46)71-67(73)49-34-53(77-42-23-12-8-13-24-42)59-61-55(79-44-27-16-10-17-28-44)36-51-58-52(70(76)72(69(51)75)66-47(39(3)4)32-21-33-48(66)40(5)6)37-56(80-45-29-18-11-19-30-45)62(64(58)61)60-54(78-43-25-14-9-15-26-43)35-50(68(71)74)57(49)63(59)60/h8-40H,1-7H3. The minimum absolute atomic E-state index is 0.0473. The van der Waals surface area contributed by atoms with Gasteiger partial charge >= 0.3 is 0 Å². The number of anilines is 2. The zero-order valence-electron chi connectivity index (χ0n) is 45.2. The van der Waals surface area contributed by atoms with Gasteiger partial charge in [-0.2, -0.15) is 0 Å². The lowest BCUT2D eigenvalue weighted by atomic mass is 9.80. The molecule has 0 atom stereocenters. The lowest BCUT2D eigenvalue weighted by Gasteiger charge is -2.34. The molecule has 2 heterocycles. The Hall–Kier alpha value is -9.80. The normalized spacial score (nSPS) is 13.3. The van der Waals surface area contributed by atoms with E-state index in [4.69, 9.17) is 18.9 Å². The summed E-state index contributed by atoms with van der Waals surface area (Å²) in [5.41, 5.74) is 5.19. The summed E-state index contributed by atoms with van der Waals surface area (Å²) in [6.45, 7) is 14.2. The van der Waals surface area contributed by atoms with Crippen LogP contribution in [0.5, 0.6) is 46.0 Å². The fourth-order valence-electron chi connectivity index (χ4n) is 11.9. The Kier molecular flexibility index (Phi) is 12.0. The number of fused-ring (bicyclic) bond motifs is 2. The van der Waals surface area contributed by atoms with Gasteiger partial charge in [-0.15, -0.1) is 0 Å². The predicted molar refractivity (Wildman–Crippen MR) is 316 cm³/mol. The fourth-order valence-corrected chi connectivity index (χ4v) is 11.9. The van der Waals surface area contributed by atoms with Crippen LogP contribution in [0.15, 0.2) is 182 Å². The van der Waals surface area contributed by atoms with Gasteiger partial charge in [0.05, 0.1) is 33.6 Å². The highest BCUT2D eigenvalue weighted by atomic mass is 16.5. The topological polar surface area (TPSA) is 112 Å². The molecule has 0 aromatic heterocycles. The molecule has 10 nitrogen and oxygen atoms in total. The van der Waals surface area contributed by atoms with Gasteiger partial charge in [-0.05, 0) is 120 Å². The minimum atomic E-state index is -0.540. The van der Waals surface area contributed by atoms with E-state index < -0.39 is 23.6 Å². The summed E-state index contributed by atoms with van der Waals surface area (Å²) < 4.78 is 28.5. The molecule has 0 radical (unpaired) electrons. The summed E-state index contributed by atoms with van der Waals surface area (Å²) in [6.07, 6.45) is 0. The number of imide groups is 2. The second-order valence-corrected chi connectivity index (χ2v) is 21.5. The van der Waals surface area contributed by atoms with Gasteiger partial charge in [0, 0.05) is 43.1 Å². The van der Waals surface area contributed by atoms with E-state index in [1.165, 1.54) is 9.80 Å². The zero-order valence-corrected chi connectivity index (χ0v) is 45.2. The predicted octanol–water partition coefficient (Wildman–Crippen LogP) is 18.2. The average Bonchev–Trinajstić information content (AvgIpc) is 3.59. The Labute approximate surface area is 462 Å². The Morgan fingerprint density at radius 1 is 0.300 bits per heavy atom. The van der Waals surface area contributed by atoms with Gasteiger partial charge in [-0.25, -0.2) is 9.80 Å². The highest BCUT2D eigenvalue weighted by Gasteiger charge is 2.44. The molecule has 0 N–H and O–H groups in total.